The Morgan fingerprint density at radius 1 is 1.04 bits per heavy atom. The number of nitrogens with one attached hydrogen (secondary N) is 2. The summed E-state index contributed by atoms with van der Waals surface area (Å²) in [4.78, 5) is 21.0. The van der Waals surface area contributed by atoms with E-state index in [1.165, 1.54) is 23.8 Å². The molecule has 0 spiro atoms. The fourth-order valence-electron chi connectivity index (χ4n) is 2.46. The summed E-state index contributed by atoms with van der Waals surface area (Å²) in [5.74, 6) is -0.510. The predicted octanol–water partition coefficient (Wildman–Crippen LogP) is 4.48. The molecule has 0 atom stereocenters. The van der Waals surface area contributed by atoms with Crippen LogP contribution in [0.2, 0.25) is 0 Å². The van der Waals surface area contributed by atoms with E-state index >= 15 is 0 Å². The number of anilines is 3. The minimum Gasteiger partial charge on any atom is -0.324 e. The van der Waals surface area contributed by atoms with Crippen molar-refractivity contribution in [2.75, 3.05) is 10.6 Å². The molecule has 3 aromatic rings. The molecule has 0 saturated carbocycles. The molecule has 5 nitrogen and oxygen atoms in total. The normalized spacial score (nSPS) is 10.4. The molecule has 0 aliphatic heterocycles. The molecule has 1 amide bonds. The monoisotopic (exact) mass is 350 g/mol. The maximum absolute atomic E-state index is 13.3. The van der Waals surface area contributed by atoms with Gasteiger partial charge in [0.25, 0.3) is 5.91 Å². The molecule has 26 heavy (non-hydrogen) atoms. The number of aryl methyl sites for hydroxylation is 2. The molecule has 3 rings (SSSR count). The fraction of sp³-hybridized carbons (Fsp3) is 0.150. The van der Waals surface area contributed by atoms with Gasteiger partial charge in [-0.15, -0.1) is 0 Å². The Hall–Kier alpha value is -3.28. The van der Waals surface area contributed by atoms with Crippen LogP contribution in [0.15, 0.2) is 54.6 Å². The van der Waals surface area contributed by atoms with E-state index in [-0.39, 0.29) is 5.69 Å². The number of benzene rings is 2. The SMILES string of the molecule is CCc1ccc(Nc2nc(C)cc(C(=O)Nc3cccc(F)c3)n2)cc1. The quantitative estimate of drug-likeness (QED) is 0.712. The van der Waals surface area contributed by atoms with Gasteiger partial charge in [-0.25, -0.2) is 14.4 Å². The molecule has 0 unspecified atom stereocenters. The number of carbonyl (C=O) groups is 1. The number of aromatic nitrogens is 2. The Morgan fingerprint density at radius 3 is 2.50 bits per heavy atom. The first-order valence-electron chi connectivity index (χ1n) is 8.32. The van der Waals surface area contributed by atoms with E-state index in [4.69, 9.17) is 0 Å². The molecule has 6 heteroatoms. The summed E-state index contributed by atoms with van der Waals surface area (Å²) < 4.78 is 13.3. The third kappa shape index (κ3) is 4.42. The summed E-state index contributed by atoms with van der Waals surface area (Å²) in [6.07, 6.45) is 0.964. The fourth-order valence-corrected chi connectivity index (χ4v) is 2.46. The topological polar surface area (TPSA) is 66.9 Å². The van der Waals surface area contributed by atoms with Crippen LogP contribution in [-0.2, 0) is 6.42 Å². The van der Waals surface area contributed by atoms with Crippen LogP contribution in [0.1, 0.15) is 28.7 Å². The molecule has 0 aliphatic rings. The lowest BCUT2D eigenvalue weighted by molar-refractivity contribution is 0.102. The van der Waals surface area contributed by atoms with Crippen molar-refractivity contribution in [2.24, 2.45) is 0 Å². The zero-order valence-electron chi connectivity index (χ0n) is 14.6. The number of hydrogen-bond acceptors (Lipinski definition) is 4. The summed E-state index contributed by atoms with van der Waals surface area (Å²) in [6.45, 7) is 3.88. The van der Waals surface area contributed by atoms with Crippen molar-refractivity contribution in [1.82, 2.24) is 9.97 Å². The lowest BCUT2D eigenvalue weighted by Crippen LogP contribution is -2.15. The lowest BCUT2D eigenvalue weighted by atomic mass is 10.1. The van der Waals surface area contributed by atoms with Gasteiger partial charge in [-0.05, 0) is 55.3 Å². The molecular formula is C20H19FN4O. The third-order valence-electron chi connectivity index (χ3n) is 3.79. The molecular weight excluding hydrogens is 331 g/mol. The highest BCUT2D eigenvalue weighted by Crippen LogP contribution is 2.16. The van der Waals surface area contributed by atoms with Crippen molar-refractivity contribution in [3.63, 3.8) is 0 Å². The second-order valence-corrected chi connectivity index (χ2v) is 5.86. The molecule has 0 saturated heterocycles. The summed E-state index contributed by atoms with van der Waals surface area (Å²) in [6, 6.07) is 15.2. The van der Waals surface area contributed by atoms with Gasteiger partial charge in [-0.3, -0.25) is 4.79 Å². The van der Waals surface area contributed by atoms with Gasteiger partial charge in [-0.2, -0.15) is 0 Å². The van der Waals surface area contributed by atoms with Crippen LogP contribution >= 0.6 is 0 Å². The molecule has 1 heterocycles. The van der Waals surface area contributed by atoms with Crippen molar-refractivity contribution in [3.8, 4) is 0 Å². The van der Waals surface area contributed by atoms with E-state index < -0.39 is 11.7 Å². The molecule has 0 radical (unpaired) electrons. The molecule has 2 aromatic carbocycles. The van der Waals surface area contributed by atoms with Crippen molar-refractivity contribution in [2.45, 2.75) is 20.3 Å². The Labute approximate surface area is 151 Å². The number of carbonyl (C=O) groups excluding carboxylic acids is 1. The van der Waals surface area contributed by atoms with E-state index in [0.29, 0.717) is 17.3 Å². The maximum Gasteiger partial charge on any atom is 0.274 e. The zero-order valence-corrected chi connectivity index (χ0v) is 14.6. The Kier molecular flexibility index (Phi) is 5.22. The van der Waals surface area contributed by atoms with Gasteiger partial charge in [0, 0.05) is 17.1 Å². The highest BCUT2D eigenvalue weighted by molar-refractivity contribution is 6.03. The first-order valence-corrected chi connectivity index (χ1v) is 8.32. The number of rotatable bonds is 5. The van der Waals surface area contributed by atoms with Crippen LogP contribution in [-0.4, -0.2) is 15.9 Å². The van der Waals surface area contributed by atoms with Crippen LogP contribution in [0, 0.1) is 12.7 Å². The van der Waals surface area contributed by atoms with Crippen molar-refractivity contribution < 1.29 is 9.18 Å². The van der Waals surface area contributed by atoms with Crippen molar-refractivity contribution >= 4 is 23.2 Å². The number of halogens is 1. The minimum atomic E-state index is -0.425. The van der Waals surface area contributed by atoms with E-state index in [1.54, 1.807) is 19.1 Å². The van der Waals surface area contributed by atoms with Gasteiger partial charge >= 0.3 is 0 Å². The highest BCUT2D eigenvalue weighted by atomic mass is 19.1. The number of nitrogens with zero attached hydrogens (tertiary/aromatic N) is 2. The summed E-state index contributed by atoms with van der Waals surface area (Å²) in [5, 5.41) is 5.74. The molecule has 2 N–H and O–H groups in total. The lowest BCUT2D eigenvalue weighted by Gasteiger charge is -2.09. The number of hydrogen-bond donors (Lipinski definition) is 2. The molecule has 0 aliphatic carbocycles. The van der Waals surface area contributed by atoms with E-state index in [2.05, 4.69) is 27.5 Å². The first kappa shape index (κ1) is 17.5. The van der Waals surface area contributed by atoms with Crippen LogP contribution in [0.4, 0.5) is 21.7 Å². The smallest absolute Gasteiger partial charge is 0.274 e. The summed E-state index contributed by atoms with van der Waals surface area (Å²) in [5.41, 5.74) is 3.29. The molecule has 1 aromatic heterocycles. The van der Waals surface area contributed by atoms with Crippen LogP contribution < -0.4 is 10.6 Å². The highest BCUT2D eigenvalue weighted by Gasteiger charge is 2.11. The molecule has 0 fully saturated rings. The zero-order chi connectivity index (χ0) is 18.5. The molecule has 132 valence electrons. The van der Waals surface area contributed by atoms with Gasteiger partial charge < -0.3 is 10.6 Å². The third-order valence-corrected chi connectivity index (χ3v) is 3.79. The van der Waals surface area contributed by atoms with Crippen LogP contribution in [0.3, 0.4) is 0 Å². The second-order valence-electron chi connectivity index (χ2n) is 5.86. The van der Waals surface area contributed by atoms with E-state index in [0.717, 1.165) is 12.1 Å². The molecule has 0 bridgehead atoms. The van der Waals surface area contributed by atoms with Gasteiger partial charge in [0.15, 0.2) is 0 Å². The predicted molar refractivity (Wildman–Crippen MR) is 100 cm³/mol. The Bertz CT molecular complexity index is 925. The Balaban J connectivity index is 1.79. The van der Waals surface area contributed by atoms with Crippen molar-refractivity contribution in [3.05, 3.63) is 77.4 Å². The van der Waals surface area contributed by atoms with Crippen molar-refractivity contribution in [1.29, 1.82) is 0 Å². The largest absolute Gasteiger partial charge is 0.324 e. The first-order chi connectivity index (χ1) is 12.5. The summed E-state index contributed by atoms with van der Waals surface area (Å²) in [7, 11) is 0. The van der Waals surface area contributed by atoms with E-state index in [9.17, 15) is 9.18 Å². The van der Waals surface area contributed by atoms with Crippen LogP contribution in [0.5, 0.6) is 0 Å². The van der Waals surface area contributed by atoms with Gasteiger partial charge in [0.05, 0.1) is 0 Å². The summed E-state index contributed by atoms with van der Waals surface area (Å²) >= 11 is 0. The van der Waals surface area contributed by atoms with Crippen LogP contribution in [0.25, 0.3) is 0 Å². The van der Waals surface area contributed by atoms with Gasteiger partial charge in [0.2, 0.25) is 5.95 Å². The Morgan fingerprint density at radius 2 is 1.81 bits per heavy atom. The average molecular weight is 350 g/mol. The standard InChI is InChI=1S/C20H19FN4O/c1-3-14-7-9-16(10-8-14)24-20-22-13(2)11-18(25-20)19(26)23-17-6-4-5-15(21)12-17/h4-12H,3H2,1-2H3,(H,23,26)(H,22,24,25). The average Bonchev–Trinajstić information content (AvgIpc) is 2.62. The maximum atomic E-state index is 13.3. The minimum absolute atomic E-state index is 0.203. The van der Waals surface area contributed by atoms with Gasteiger partial charge in [0.1, 0.15) is 11.5 Å². The van der Waals surface area contributed by atoms with Gasteiger partial charge in [-0.1, -0.05) is 25.1 Å². The van der Waals surface area contributed by atoms with E-state index in [1.807, 2.05) is 24.3 Å². The number of amides is 1. The second kappa shape index (κ2) is 7.74.